The van der Waals surface area contributed by atoms with Crippen molar-refractivity contribution < 1.29 is 8.42 Å². The molecule has 1 N–H and O–H groups in total. The third kappa shape index (κ3) is 2.83. The molecule has 124 valence electrons. The van der Waals surface area contributed by atoms with Crippen molar-refractivity contribution in [2.75, 3.05) is 12.3 Å². The SMILES string of the molecule is O=S(=O)(CCc1ccccn1)N1CCc2c([nH]c3ccccc23)C1. The van der Waals surface area contributed by atoms with Gasteiger partial charge < -0.3 is 4.98 Å². The number of para-hydroxylation sites is 1. The summed E-state index contributed by atoms with van der Waals surface area (Å²) < 4.78 is 26.9. The van der Waals surface area contributed by atoms with Gasteiger partial charge >= 0.3 is 0 Å². The van der Waals surface area contributed by atoms with Gasteiger partial charge in [-0.15, -0.1) is 0 Å². The first-order valence-corrected chi connectivity index (χ1v) is 9.70. The second-order valence-electron chi connectivity index (χ2n) is 6.10. The van der Waals surface area contributed by atoms with Crippen LogP contribution in [0.25, 0.3) is 10.9 Å². The van der Waals surface area contributed by atoms with E-state index in [0.717, 1.165) is 23.3 Å². The molecular formula is C18H19N3O2S. The van der Waals surface area contributed by atoms with Crippen molar-refractivity contribution in [3.63, 3.8) is 0 Å². The maximum atomic E-state index is 12.7. The molecule has 5 nitrogen and oxygen atoms in total. The number of aryl methyl sites for hydroxylation is 1. The summed E-state index contributed by atoms with van der Waals surface area (Å²) in [6.07, 6.45) is 2.89. The number of sulfonamides is 1. The molecule has 2 aromatic heterocycles. The van der Waals surface area contributed by atoms with Crippen LogP contribution in [-0.4, -0.2) is 35.0 Å². The van der Waals surface area contributed by atoms with Gasteiger partial charge in [-0.1, -0.05) is 24.3 Å². The van der Waals surface area contributed by atoms with E-state index in [4.69, 9.17) is 0 Å². The third-order valence-electron chi connectivity index (χ3n) is 4.58. The van der Waals surface area contributed by atoms with Gasteiger partial charge in [0.15, 0.2) is 0 Å². The Morgan fingerprint density at radius 2 is 1.96 bits per heavy atom. The van der Waals surface area contributed by atoms with Crippen molar-refractivity contribution in [1.82, 2.24) is 14.3 Å². The van der Waals surface area contributed by atoms with Crippen molar-refractivity contribution in [1.29, 1.82) is 0 Å². The van der Waals surface area contributed by atoms with E-state index in [0.29, 0.717) is 19.5 Å². The molecule has 24 heavy (non-hydrogen) atoms. The van der Waals surface area contributed by atoms with Gasteiger partial charge in [-0.25, -0.2) is 8.42 Å². The fourth-order valence-electron chi connectivity index (χ4n) is 3.31. The molecule has 6 heteroatoms. The van der Waals surface area contributed by atoms with Gasteiger partial charge in [0.25, 0.3) is 0 Å². The van der Waals surface area contributed by atoms with Gasteiger partial charge in [0.05, 0.1) is 12.3 Å². The van der Waals surface area contributed by atoms with Crippen LogP contribution in [0.5, 0.6) is 0 Å². The first kappa shape index (κ1) is 15.4. The monoisotopic (exact) mass is 341 g/mol. The van der Waals surface area contributed by atoms with Crippen LogP contribution in [0.3, 0.4) is 0 Å². The van der Waals surface area contributed by atoms with Crippen LogP contribution in [0.4, 0.5) is 0 Å². The van der Waals surface area contributed by atoms with Crippen LogP contribution in [-0.2, 0) is 29.4 Å². The van der Waals surface area contributed by atoms with E-state index >= 15 is 0 Å². The van der Waals surface area contributed by atoms with E-state index in [-0.39, 0.29) is 5.75 Å². The second-order valence-corrected chi connectivity index (χ2v) is 8.19. The third-order valence-corrected chi connectivity index (χ3v) is 6.40. The Hall–Kier alpha value is -2.18. The number of benzene rings is 1. The number of nitrogens with zero attached hydrogens (tertiary/aromatic N) is 2. The Morgan fingerprint density at radius 1 is 1.12 bits per heavy atom. The van der Waals surface area contributed by atoms with E-state index < -0.39 is 10.0 Å². The van der Waals surface area contributed by atoms with Crippen LogP contribution >= 0.6 is 0 Å². The lowest BCUT2D eigenvalue weighted by Crippen LogP contribution is -2.37. The summed E-state index contributed by atoms with van der Waals surface area (Å²) in [6.45, 7) is 0.966. The molecule has 1 aliphatic heterocycles. The smallest absolute Gasteiger partial charge is 0.214 e. The second kappa shape index (κ2) is 6.03. The number of rotatable bonds is 4. The number of hydrogen-bond acceptors (Lipinski definition) is 3. The molecule has 0 bridgehead atoms. The standard InChI is InChI=1S/C18H19N3O2S/c22-24(23,12-9-14-5-3-4-10-19-14)21-11-8-16-15-6-1-2-7-17(15)20-18(16)13-21/h1-7,10,20H,8-9,11-13H2. The van der Waals surface area contributed by atoms with Crippen LogP contribution in [0.1, 0.15) is 17.0 Å². The summed E-state index contributed by atoms with van der Waals surface area (Å²) in [7, 11) is -3.29. The normalized spacial score (nSPS) is 15.5. The van der Waals surface area contributed by atoms with Crippen LogP contribution in [0, 0.1) is 0 Å². The minimum Gasteiger partial charge on any atom is -0.357 e. The molecule has 0 radical (unpaired) electrons. The predicted octanol–water partition coefficient (Wildman–Crippen LogP) is 2.49. The first-order valence-electron chi connectivity index (χ1n) is 8.10. The molecular weight excluding hydrogens is 322 g/mol. The van der Waals surface area contributed by atoms with Crippen molar-refractivity contribution in [2.45, 2.75) is 19.4 Å². The van der Waals surface area contributed by atoms with Crippen LogP contribution in [0.2, 0.25) is 0 Å². The zero-order chi connectivity index (χ0) is 16.6. The van der Waals surface area contributed by atoms with E-state index in [2.05, 4.69) is 16.0 Å². The number of nitrogens with one attached hydrogen (secondary N) is 1. The molecule has 0 saturated carbocycles. The highest BCUT2D eigenvalue weighted by Gasteiger charge is 2.28. The molecule has 4 rings (SSSR count). The fourth-order valence-corrected chi connectivity index (χ4v) is 4.73. The van der Waals surface area contributed by atoms with Gasteiger partial charge in [-0.05, 0) is 30.2 Å². The maximum Gasteiger partial charge on any atom is 0.214 e. The van der Waals surface area contributed by atoms with Crippen molar-refractivity contribution >= 4 is 20.9 Å². The Bertz CT molecular complexity index is 964. The van der Waals surface area contributed by atoms with E-state index in [9.17, 15) is 8.42 Å². The van der Waals surface area contributed by atoms with Gasteiger partial charge in [0.1, 0.15) is 0 Å². The summed E-state index contributed by atoms with van der Waals surface area (Å²) in [5.74, 6) is 0.0968. The van der Waals surface area contributed by atoms with E-state index in [1.807, 2.05) is 36.4 Å². The van der Waals surface area contributed by atoms with Gasteiger partial charge in [-0.3, -0.25) is 4.98 Å². The number of H-pyrrole nitrogens is 1. The summed E-state index contributed by atoms with van der Waals surface area (Å²) in [5, 5.41) is 1.21. The van der Waals surface area contributed by atoms with E-state index in [1.54, 1.807) is 10.5 Å². The molecule has 0 saturated heterocycles. The Balaban J connectivity index is 1.53. The number of aromatic amines is 1. The average molecular weight is 341 g/mol. The highest BCUT2D eigenvalue weighted by atomic mass is 32.2. The number of aromatic nitrogens is 2. The fraction of sp³-hybridized carbons (Fsp3) is 0.278. The minimum atomic E-state index is -3.29. The number of pyridine rings is 1. The molecule has 0 atom stereocenters. The van der Waals surface area contributed by atoms with Crippen LogP contribution in [0.15, 0.2) is 48.7 Å². The molecule has 1 aliphatic rings. The van der Waals surface area contributed by atoms with Crippen LogP contribution < -0.4 is 0 Å². The van der Waals surface area contributed by atoms with Crippen molar-refractivity contribution in [3.8, 4) is 0 Å². The summed E-state index contributed by atoms with van der Waals surface area (Å²) in [5.41, 5.74) is 4.16. The molecule has 0 aliphatic carbocycles. The average Bonchev–Trinajstić information content (AvgIpc) is 2.99. The molecule has 0 amide bonds. The topological polar surface area (TPSA) is 66.1 Å². The maximum absolute atomic E-state index is 12.7. The molecule has 0 spiro atoms. The summed E-state index contributed by atoms with van der Waals surface area (Å²) >= 11 is 0. The quantitative estimate of drug-likeness (QED) is 0.793. The lowest BCUT2D eigenvalue weighted by Gasteiger charge is -2.26. The first-order chi connectivity index (χ1) is 11.6. The van der Waals surface area contributed by atoms with Crippen molar-refractivity contribution in [3.05, 3.63) is 65.6 Å². The zero-order valence-electron chi connectivity index (χ0n) is 13.3. The Labute approximate surface area is 141 Å². The highest BCUT2D eigenvalue weighted by molar-refractivity contribution is 7.89. The van der Waals surface area contributed by atoms with E-state index in [1.165, 1.54) is 10.9 Å². The minimum absolute atomic E-state index is 0.0968. The Morgan fingerprint density at radius 3 is 2.79 bits per heavy atom. The number of hydrogen-bond donors (Lipinski definition) is 1. The number of fused-ring (bicyclic) bond motifs is 3. The van der Waals surface area contributed by atoms with Gasteiger partial charge in [-0.2, -0.15) is 4.31 Å². The molecule has 1 aromatic carbocycles. The van der Waals surface area contributed by atoms with Gasteiger partial charge in [0.2, 0.25) is 10.0 Å². The van der Waals surface area contributed by atoms with Gasteiger partial charge in [0, 0.05) is 41.5 Å². The summed E-state index contributed by atoms with van der Waals surface area (Å²) in [6, 6.07) is 13.7. The molecule has 3 heterocycles. The lowest BCUT2D eigenvalue weighted by molar-refractivity contribution is 0.388. The predicted molar refractivity (Wildman–Crippen MR) is 94.1 cm³/mol. The lowest BCUT2D eigenvalue weighted by atomic mass is 10.1. The van der Waals surface area contributed by atoms with Crippen molar-refractivity contribution in [2.24, 2.45) is 0 Å². The molecule has 0 unspecified atom stereocenters. The Kier molecular flexibility index (Phi) is 3.86. The molecule has 3 aromatic rings. The highest BCUT2D eigenvalue weighted by Crippen LogP contribution is 2.28. The summed E-state index contributed by atoms with van der Waals surface area (Å²) in [4.78, 5) is 7.58. The largest absolute Gasteiger partial charge is 0.357 e. The zero-order valence-corrected chi connectivity index (χ0v) is 14.1. The molecule has 0 fully saturated rings.